The quantitative estimate of drug-likeness (QED) is 0.644. The Morgan fingerprint density at radius 1 is 1.11 bits per heavy atom. The lowest BCUT2D eigenvalue weighted by Crippen LogP contribution is -2.30. The van der Waals surface area contributed by atoms with Crippen LogP contribution in [0.5, 0.6) is 11.5 Å². The van der Waals surface area contributed by atoms with E-state index in [2.05, 4.69) is 0 Å². The van der Waals surface area contributed by atoms with Gasteiger partial charge >= 0.3 is 6.18 Å². The molecule has 0 radical (unpaired) electrons. The zero-order valence-electron chi connectivity index (χ0n) is 15.5. The van der Waals surface area contributed by atoms with Crippen LogP contribution in [0, 0.1) is 17.2 Å². The number of nitrogens with zero attached hydrogens (tertiary/aromatic N) is 2. The maximum absolute atomic E-state index is 13.3. The van der Waals surface area contributed by atoms with E-state index in [9.17, 15) is 13.2 Å². The van der Waals surface area contributed by atoms with Crippen molar-refractivity contribution in [2.75, 3.05) is 31.7 Å². The summed E-state index contributed by atoms with van der Waals surface area (Å²) >= 11 is 0. The van der Waals surface area contributed by atoms with Crippen molar-refractivity contribution in [3.63, 3.8) is 0 Å². The highest BCUT2D eigenvalue weighted by molar-refractivity contribution is 5.55. The molecule has 0 aromatic heterocycles. The molecule has 0 heterocycles. The number of benzene rings is 2. The number of anilines is 1. The molecule has 1 fully saturated rings. The Labute approximate surface area is 162 Å². The highest BCUT2D eigenvalue weighted by atomic mass is 19.4. The van der Waals surface area contributed by atoms with Crippen LogP contribution in [0.1, 0.15) is 24.0 Å². The van der Waals surface area contributed by atoms with Gasteiger partial charge in [-0.2, -0.15) is 18.4 Å². The molecule has 4 nitrogen and oxygen atoms in total. The van der Waals surface area contributed by atoms with E-state index in [0.717, 1.165) is 24.7 Å². The van der Waals surface area contributed by atoms with Crippen LogP contribution in [0.4, 0.5) is 18.9 Å². The summed E-state index contributed by atoms with van der Waals surface area (Å²) in [7, 11) is 1.58. The molecule has 28 heavy (non-hydrogen) atoms. The van der Waals surface area contributed by atoms with E-state index in [1.165, 1.54) is 6.07 Å². The second-order valence-corrected chi connectivity index (χ2v) is 6.75. The molecule has 0 bridgehead atoms. The lowest BCUT2D eigenvalue weighted by molar-refractivity contribution is -0.137. The van der Waals surface area contributed by atoms with Crippen LogP contribution in [-0.2, 0) is 6.18 Å². The Balaban J connectivity index is 1.72. The number of nitriles is 1. The first kappa shape index (κ1) is 19.9. The fraction of sp³-hybridized carbons (Fsp3) is 0.381. The first-order chi connectivity index (χ1) is 13.4. The van der Waals surface area contributed by atoms with Gasteiger partial charge in [0.05, 0.1) is 30.9 Å². The number of alkyl halides is 3. The van der Waals surface area contributed by atoms with Gasteiger partial charge in [0, 0.05) is 12.2 Å². The van der Waals surface area contributed by atoms with E-state index in [4.69, 9.17) is 14.7 Å². The summed E-state index contributed by atoms with van der Waals surface area (Å²) in [6, 6.07) is 12.6. The zero-order chi connectivity index (χ0) is 20.1. The fourth-order valence-electron chi connectivity index (χ4n) is 2.94. The van der Waals surface area contributed by atoms with Gasteiger partial charge in [-0.3, -0.25) is 0 Å². The van der Waals surface area contributed by atoms with E-state index in [0.29, 0.717) is 37.1 Å². The number of rotatable bonds is 8. The number of ether oxygens (including phenoxy) is 2. The summed E-state index contributed by atoms with van der Waals surface area (Å²) in [5.41, 5.74) is -0.807. The third-order valence-electron chi connectivity index (χ3n) is 4.66. The molecule has 1 saturated carbocycles. The second kappa shape index (κ2) is 8.42. The molecule has 7 heteroatoms. The van der Waals surface area contributed by atoms with Gasteiger partial charge in [-0.15, -0.1) is 0 Å². The van der Waals surface area contributed by atoms with E-state index in [1.807, 2.05) is 4.90 Å². The molecule has 2 aromatic rings. The number of hydrogen-bond donors (Lipinski definition) is 0. The van der Waals surface area contributed by atoms with Crippen molar-refractivity contribution in [2.24, 2.45) is 5.92 Å². The maximum atomic E-state index is 13.3. The van der Waals surface area contributed by atoms with Crippen molar-refractivity contribution < 1.29 is 22.6 Å². The Kier molecular flexibility index (Phi) is 5.98. The van der Waals surface area contributed by atoms with Gasteiger partial charge in [0.25, 0.3) is 0 Å². The van der Waals surface area contributed by atoms with Gasteiger partial charge in [0.15, 0.2) is 0 Å². The minimum atomic E-state index is -4.56. The molecule has 1 aliphatic rings. The Morgan fingerprint density at radius 3 is 2.36 bits per heavy atom. The molecule has 0 atom stereocenters. The van der Waals surface area contributed by atoms with Gasteiger partial charge < -0.3 is 14.4 Å². The van der Waals surface area contributed by atoms with E-state index < -0.39 is 11.7 Å². The average molecular weight is 390 g/mol. The molecule has 1 aliphatic carbocycles. The standard InChI is InChI=1S/C21H21F3N2O2/c1-27-18-6-8-19(9-7-18)28-11-10-26(14-15-2-3-15)17-5-4-16(13-25)20(12-17)21(22,23)24/h4-9,12,15H,2-3,10-11,14H2,1H3. The topological polar surface area (TPSA) is 45.5 Å². The third-order valence-corrected chi connectivity index (χ3v) is 4.66. The van der Waals surface area contributed by atoms with Gasteiger partial charge in [-0.1, -0.05) is 0 Å². The van der Waals surface area contributed by atoms with Crippen LogP contribution < -0.4 is 14.4 Å². The largest absolute Gasteiger partial charge is 0.497 e. The van der Waals surface area contributed by atoms with Gasteiger partial charge in [-0.25, -0.2) is 0 Å². The zero-order valence-corrected chi connectivity index (χ0v) is 15.5. The summed E-state index contributed by atoms with van der Waals surface area (Å²) in [5.74, 6) is 1.88. The van der Waals surface area contributed by atoms with Crippen LogP contribution >= 0.6 is 0 Å². The highest BCUT2D eigenvalue weighted by Gasteiger charge is 2.34. The maximum Gasteiger partial charge on any atom is 0.417 e. The molecule has 3 rings (SSSR count). The SMILES string of the molecule is COc1ccc(OCCN(CC2CC2)c2ccc(C#N)c(C(F)(F)F)c2)cc1. The van der Waals surface area contributed by atoms with E-state index in [-0.39, 0.29) is 5.56 Å². The van der Waals surface area contributed by atoms with Crippen LogP contribution in [0.3, 0.4) is 0 Å². The smallest absolute Gasteiger partial charge is 0.417 e. The normalized spacial score (nSPS) is 13.7. The van der Waals surface area contributed by atoms with Gasteiger partial charge in [0.2, 0.25) is 0 Å². The molecule has 148 valence electrons. The molecule has 0 aliphatic heterocycles. The minimum Gasteiger partial charge on any atom is -0.497 e. The Morgan fingerprint density at radius 2 is 1.79 bits per heavy atom. The molecule has 0 saturated heterocycles. The minimum absolute atomic E-state index is 0.334. The average Bonchev–Trinajstić information content (AvgIpc) is 3.50. The van der Waals surface area contributed by atoms with Crippen molar-refractivity contribution in [1.29, 1.82) is 5.26 Å². The van der Waals surface area contributed by atoms with Crippen LogP contribution in [0.15, 0.2) is 42.5 Å². The first-order valence-corrected chi connectivity index (χ1v) is 9.04. The summed E-state index contributed by atoms with van der Waals surface area (Å²) in [5, 5.41) is 8.98. The van der Waals surface area contributed by atoms with E-state index >= 15 is 0 Å². The number of halogens is 3. The molecular weight excluding hydrogens is 369 g/mol. The lowest BCUT2D eigenvalue weighted by atomic mass is 10.1. The molecule has 0 unspecified atom stereocenters. The summed E-state index contributed by atoms with van der Waals surface area (Å²) in [4.78, 5) is 1.90. The molecular formula is C21H21F3N2O2. The molecule has 2 aromatic carbocycles. The lowest BCUT2D eigenvalue weighted by Gasteiger charge is -2.26. The van der Waals surface area contributed by atoms with E-state index in [1.54, 1.807) is 43.5 Å². The predicted octanol–water partition coefficient (Wildman–Crippen LogP) is 4.88. The summed E-state index contributed by atoms with van der Waals surface area (Å²) < 4.78 is 50.7. The second-order valence-electron chi connectivity index (χ2n) is 6.75. The number of hydrogen-bond acceptors (Lipinski definition) is 4. The van der Waals surface area contributed by atoms with Crippen molar-refractivity contribution in [3.05, 3.63) is 53.6 Å². The van der Waals surface area contributed by atoms with Crippen molar-refractivity contribution in [3.8, 4) is 17.6 Å². The highest BCUT2D eigenvalue weighted by Crippen LogP contribution is 2.36. The fourth-order valence-corrected chi connectivity index (χ4v) is 2.94. The van der Waals surface area contributed by atoms with Crippen molar-refractivity contribution in [2.45, 2.75) is 19.0 Å². The first-order valence-electron chi connectivity index (χ1n) is 9.04. The third kappa shape index (κ3) is 5.10. The van der Waals surface area contributed by atoms with Crippen LogP contribution in [-0.4, -0.2) is 26.8 Å². The van der Waals surface area contributed by atoms with Crippen LogP contribution in [0.25, 0.3) is 0 Å². The molecule has 0 spiro atoms. The number of methoxy groups -OCH3 is 1. The summed E-state index contributed by atoms with van der Waals surface area (Å²) in [6.07, 6.45) is -2.40. The monoisotopic (exact) mass is 390 g/mol. The Hall–Kier alpha value is -2.88. The van der Waals surface area contributed by atoms with Crippen molar-refractivity contribution in [1.82, 2.24) is 0 Å². The summed E-state index contributed by atoms with van der Waals surface area (Å²) in [6.45, 7) is 1.46. The predicted molar refractivity (Wildman–Crippen MR) is 99.6 cm³/mol. The molecule has 0 amide bonds. The van der Waals surface area contributed by atoms with Gasteiger partial charge in [-0.05, 0) is 61.2 Å². The Bertz CT molecular complexity index is 840. The van der Waals surface area contributed by atoms with Crippen LogP contribution in [0.2, 0.25) is 0 Å². The van der Waals surface area contributed by atoms with Gasteiger partial charge in [0.1, 0.15) is 18.1 Å². The molecule has 0 N–H and O–H groups in total. The van der Waals surface area contributed by atoms with Crippen molar-refractivity contribution >= 4 is 5.69 Å².